The molecule has 6 nitrogen and oxygen atoms in total. The van der Waals surface area contributed by atoms with Crippen molar-refractivity contribution in [2.45, 2.75) is 10.8 Å². The fourth-order valence-corrected chi connectivity index (χ4v) is 4.27. The van der Waals surface area contributed by atoms with Gasteiger partial charge in [0.05, 0.1) is 11.4 Å². The molecule has 0 amide bonds. The first kappa shape index (κ1) is 15.1. The minimum atomic E-state index is -3.56. The molecule has 0 saturated heterocycles. The summed E-state index contributed by atoms with van der Waals surface area (Å²) in [5, 5.41) is 0. The molecule has 20 heavy (non-hydrogen) atoms. The van der Waals surface area contributed by atoms with Gasteiger partial charge in [-0.15, -0.1) is 11.3 Å². The van der Waals surface area contributed by atoms with Gasteiger partial charge in [-0.1, -0.05) is 12.2 Å². The van der Waals surface area contributed by atoms with E-state index in [2.05, 4.69) is 4.98 Å². The van der Waals surface area contributed by atoms with Crippen LogP contribution in [0.1, 0.15) is 10.7 Å². The van der Waals surface area contributed by atoms with E-state index in [1.54, 1.807) is 23.0 Å². The number of aryl methyl sites for hydroxylation is 1. The van der Waals surface area contributed by atoms with Crippen LogP contribution in [0, 0.1) is 0 Å². The molecule has 0 radical (unpaired) electrons. The van der Waals surface area contributed by atoms with E-state index in [9.17, 15) is 8.42 Å². The summed E-state index contributed by atoms with van der Waals surface area (Å²) in [4.78, 5) is 4.90. The number of aromatic nitrogens is 2. The van der Waals surface area contributed by atoms with E-state index in [0.29, 0.717) is 10.7 Å². The van der Waals surface area contributed by atoms with Crippen molar-refractivity contribution in [3.63, 3.8) is 0 Å². The number of nitrogens with two attached hydrogens (primary N) is 1. The van der Waals surface area contributed by atoms with Crippen LogP contribution in [0.2, 0.25) is 0 Å². The lowest BCUT2D eigenvalue weighted by Gasteiger charge is -2.15. The molecule has 2 aromatic heterocycles. The molecule has 0 aliphatic heterocycles. The number of thiophene rings is 1. The van der Waals surface area contributed by atoms with Crippen LogP contribution in [0.5, 0.6) is 0 Å². The first-order valence-electron chi connectivity index (χ1n) is 5.64. The number of hydrogen-bond donors (Lipinski definition) is 1. The molecule has 9 heteroatoms. The van der Waals surface area contributed by atoms with Crippen molar-refractivity contribution in [3.8, 4) is 0 Å². The summed E-state index contributed by atoms with van der Waals surface area (Å²) in [7, 11) is -0.225. The van der Waals surface area contributed by atoms with Gasteiger partial charge in [-0.3, -0.25) is 0 Å². The zero-order chi connectivity index (χ0) is 14.9. The summed E-state index contributed by atoms with van der Waals surface area (Å²) < 4.78 is 28.1. The van der Waals surface area contributed by atoms with E-state index in [4.69, 9.17) is 18.0 Å². The molecule has 0 fully saturated rings. The second-order valence-corrected chi connectivity index (χ2v) is 7.99. The second kappa shape index (κ2) is 5.60. The number of nitrogens with zero attached hydrogens (tertiary/aromatic N) is 3. The van der Waals surface area contributed by atoms with E-state index < -0.39 is 10.0 Å². The van der Waals surface area contributed by atoms with Gasteiger partial charge in [-0.05, 0) is 12.1 Å². The maximum atomic E-state index is 12.4. The normalized spacial score (nSPS) is 11.9. The smallest absolute Gasteiger partial charge is 0.252 e. The van der Waals surface area contributed by atoms with Gasteiger partial charge in [0, 0.05) is 26.5 Å². The van der Waals surface area contributed by atoms with Crippen molar-refractivity contribution in [1.29, 1.82) is 0 Å². The number of rotatable bonds is 5. The summed E-state index contributed by atoms with van der Waals surface area (Å²) in [6.07, 6.45) is 3.40. The first-order chi connectivity index (χ1) is 9.32. The lowest BCUT2D eigenvalue weighted by Crippen LogP contribution is -2.27. The average molecular weight is 330 g/mol. The van der Waals surface area contributed by atoms with Crippen LogP contribution < -0.4 is 5.73 Å². The zero-order valence-electron chi connectivity index (χ0n) is 11.0. The highest BCUT2D eigenvalue weighted by Gasteiger charge is 2.24. The molecule has 0 atom stereocenters. The van der Waals surface area contributed by atoms with Gasteiger partial charge >= 0.3 is 0 Å². The summed E-state index contributed by atoms with van der Waals surface area (Å²) in [6, 6.07) is 3.14. The van der Waals surface area contributed by atoms with Gasteiger partial charge in [-0.2, -0.15) is 4.31 Å². The molecular formula is C11H14N4O2S3. The summed E-state index contributed by atoms with van der Waals surface area (Å²) >= 11 is 5.91. The molecule has 0 aromatic carbocycles. The molecule has 2 rings (SSSR count). The third-order valence-electron chi connectivity index (χ3n) is 2.77. The Bertz CT molecular complexity index is 732. The molecular weight excluding hydrogens is 316 g/mol. The van der Waals surface area contributed by atoms with Crippen molar-refractivity contribution >= 4 is 38.6 Å². The molecule has 2 aromatic rings. The van der Waals surface area contributed by atoms with Crippen LogP contribution in [-0.2, 0) is 23.6 Å². The molecule has 108 valence electrons. The molecule has 0 spiro atoms. The summed E-state index contributed by atoms with van der Waals surface area (Å²) in [5.74, 6) is 0.669. The van der Waals surface area contributed by atoms with Crippen molar-refractivity contribution < 1.29 is 8.42 Å². The molecule has 0 aliphatic carbocycles. The van der Waals surface area contributed by atoms with Crippen molar-refractivity contribution in [3.05, 3.63) is 35.2 Å². The first-order valence-corrected chi connectivity index (χ1v) is 8.31. The highest BCUT2D eigenvalue weighted by molar-refractivity contribution is 7.91. The molecule has 0 saturated carbocycles. The lowest BCUT2D eigenvalue weighted by molar-refractivity contribution is 0.453. The summed E-state index contributed by atoms with van der Waals surface area (Å²) in [6.45, 7) is 0.201. The third kappa shape index (κ3) is 2.90. The van der Waals surface area contributed by atoms with Crippen LogP contribution in [0.15, 0.2) is 28.7 Å². The predicted octanol–water partition coefficient (Wildman–Crippen LogP) is 0.937. The number of imidazole rings is 1. The van der Waals surface area contributed by atoms with E-state index in [1.807, 2.05) is 7.05 Å². The van der Waals surface area contributed by atoms with Gasteiger partial charge in [-0.25, -0.2) is 13.4 Å². The average Bonchev–Trinajstić information content (AvgIpc) is 2.99. The van der Waals surface area contributed by atoms with E-state index in [1.165, 1.54) is 17.4 Å². The van der Waals surface area contributed by atoms with Crippen LogP contribution in [0.25, 0.3) is 0 Å². The Labute approximate surface area is 126 Å². The minimum absolute atomic E-state index is 0.197. The van der Waals surface area contributed by atoms with Gasteiger partial charge in [0.15, 0.2) is 0 Å². The van der Waals surface area contributed by atoms with E-state index >= 15 is 0 Å². The fourth-order valence-electron chi connectivity index (χ4n) is 1.58. The molecule has 2 N–H and O–H groups in total. The monoisotopic (exact) mass is 330 g/mol. The fraction of sp³-hybridized carbons (Fsp3) is 0.273. The van der Waals surface area contributed by atoms with Gasteiger partial charge in [0.2, 0.25) is 0 Å². The van der Waals surface area contributed by atoms with Crippen LogP contribution in [0.4, 0.5) is 0 Å². The van der Waals surface area contributed by atoms with Crippen molar-refractivity contribution in [2.24, 2.45) is 12.8 Å². The van der Waals surface area contributed by atoms with Crippen LogP contribution in [0.3, 0.4) is 0 Å². The maximum Gasteiger partial charge on any atom is 0.252 e. The topological polar surface area (TPSA) is 81.2 Å². The van der Waals surface area contributed by atoms with Gasteiger partial charge in [0.25, 0.3) is 10.0 Å². The van der Waals surface area contributed by atoms with E-state index in [-0.39, 0.29) is 15.7 Å². The SMILES string of the molecule is CN(Cc1nccn1C)S(=O)(=O)c1ccc(C(N)=S)s1. The van der Waals surface area contributed by atoms with Crippen molar-refractivity contribution in [2.75, 3.05) is 7.05 Å². The third-order valence-corrected chi connectivity index (χ3v) is 6.51. The molecule has 0 bridgehead atoms. The van der Waals surface area contributed by atoms with Crippen molar-refractivity contribution in [1.82, 2.24) is 13.9 Å². The summed E-state index contributed by atoms with van der Waals surface area (Å²) in [5.41, 5.74) is 5.50. The van der Waals surface area contributed by atoms with Crippen LogP contribution in [-0.4, -0.2) is 34.3 Å². The van der Waals surface area contributed by atoms with Gasteiger partial charge < -0.3 is 10.3 Å². The Morgan fingerprint density at radius 2 is 2.25 bits per heavy atom. The Balaban J connectivity index is 2.25. The Hall–Kier alpha value is -1.29. The highest BCUT2D eigenvalue weighted by atomic mass is 32.2. The number of sulfonamides is 1. The largest absolute Gasteiger partial charge is 0.389 e. The zero-order valence-corrected chi connectivity index (χ0v) is 13.4. The maximum absolute atomic E-state index is 12.4. The Kier molecular flexibility index (Phi) is 4.23. The number of hydrogen-bond acceptors (Lipinski definition) is 5. The Morgan fingerprint density at radius 1 is 1.55 bits per heavy atom. The predicted molar refractivity (Wildman–Crippen MR) is 82.1 cm³/mol. The number of thiocarbonyl (C=S) groups is 1. The quantitative estimate of drug-likeness (QED) is 0.825. The minimum Gasteiger partial charge on any atom is -0.389 e. The Morgan fingerprint density at radius 3 is 2.75 bits per heavy atom. The van der Waals surface area contributed by atoms with Gasteiger partial charge in [0.1, 0.15) is 15.0 Å². The second-order valence-electron chi connectivity index (χ2n) is 4.20. The van der Waals surface area contributed by atoms with E-state index in [0.717, 1.165) is 11.3 Å². The molecule has 2 heterocycles. The molecule has 0 aliphatic rings. The standard InChI is InChI=1S/C11H14N4O2S3/c1-14-6-5-13-9(14)7-15(2)20(16,17)10-4-3-8(19-10)11(12)18/h3-6H,7H2,1-2H3,(H2,12,18). The molecule has 0 unspecified atom stereocenters. The van der Waals surface area contributed by atoms with Crippen LogP contribution >= 0.6 is 23.6 Å². The lowest BCUT2D eigenvalue weighted by atomic mass is 10.5. The highest BCUT2D eigenvalue weighted by Crippen LogP contribution is 2.24.